The second kappa shape index (κ2) is 5.80. The van der Waals surface area contributed by atoms with Crippen LogP contribution in [-0.4, -0.2) is 28.9 Å². The molecule has 1 fully saturated rings. The van der Waals surface area contributed by atoms with E-state index in [1.165, 1.54) is 0 Å². The van der Waals surface area contributed by atoms with Gasteiger partial charge in [-0.15, -0.1) is 0 Å². The molecule has 0 unspecified atom stereocenters. The SMILES string of the molecule is ON1C=C(Cl)C=C2C1=Nc1ccc(F)cc1[C@@]2(OCC1CC1)C(F)(F)F. The topological polar surface area (TPSA) is 45.1 Å². The van der Waals surface area contributed by atoms with Gasteiger partial charge in [0.05, 0.1) is 23.5 Å². The van der Waals surface area contributed by atoms with E-state index in [1.54, 1.807) is 0 Å². The fraction of sp³-hybridized carbons (Fsp3) is 0.353. The molecule has 1 saturated carbocycles. The molecule has 0 radical (unpaired) electrons. The number of fused-ring (bicyclic) bond motifs is 2. The summed E-state index contributed by atoms with van der Waals surface area (Å²) in [4.78, 5) is 4.05. The summed E-state index contributed by atoms with van der Waals surface area (Å²) in [5.41, 5.74) is -4.03. The van der Waals surface area contributed by atoms with Crippen molar-refractivity contribution in [2.75, 3.05) is 6.61 Å². The summed E-state index contributed by atoms with van der Waals surface area (Å²) in [5, 5.41) is 10.3. The second-order valence-corrected chi connectivity index (χ2v) is 6.88. The molecule has 1 aliphatic carbocycles. The lowest BCUT2D eigenvalue weighted by Crippen LogP contribution is -2.52. The molecule has 138 valence electrons. The lowest BCUT2D eigenvalue weighted by Gasteiger charge is -2.43. The van der Waals surface area contributed by atoms with Crippen molar-refractivity contribution in [3.63, 3.8) is 0 Å². The third-order valence-electron chi connectivity index (χ3n) is 4.56. The van der Waals surface area contributed by atoms with Gasteiger partial charge < -0.3 is 4.74 Å². The predicted octanol–water partition coefficient (Wildman–Crippen LogP) is 4.76. The van der Waals surface area contributed by atoms with E-state index in [9.17, 15) is 22.8 Å². The summed E-state index contributed by atoms with van der Waals surface area (Å²) >= 11 is 5.87. The summed E-state index contributed by atoms with van der Waals surface area (Å²) in [6, 6.07) is 2.90. The highest BCUT2D eigenvalue weighted by atomic mass is 35.5. The number of hydrogen-bond acceptors (Lipinski definition) is 4. The molecule has 2 aliphatic heterocycles. The van der Waals surface area contributed by atoms with Gasteiger partial charge in [-0.3, -0.25) is 5.21 Å². The monoisotopic (exact) mass is 388 g/mol. The summed E-state index contributed by atoms with van der Waals surface area (Å²) < 4.78 is 62.5. The Hall–Kier alpha value is -1.90. The Morgan fingerprint density at radius 3 is 2.73 bits per heavy atom. The van der Waals surface area contributed by atoms with E-state index >= 15 is 0 Å². The molecule has 1 aromatic rings. The van der Waals surface area contributed by atoms with Gasteiger partial charge in [0.15, 0.2) is 5.84 Å². The van der Waals surface area contributed by atoms with Gasteiger partial charge in [0, 0.05) is 11.1 Å². The second-order valence-electron chi connectivity index (χ2n) is 6.45. The third kappa shape index (κ3) is 2.64. The molecule has 4 nitrogen and oxygen atoms in total. The van der Waals surface area contributed by atoms with Crippen molar-refractivity contribution in [2.24, 2.45) is 10.9 Å². The van der Waals surface area contributed by atoms with Crippen LogP contribution in [0.5, 0.6) is 0 Å². The van der Waals surface area contributed by atoms with Gasteiger partial charge in [0.25, 0.3) is 0 Å². The van der Waals surface area contributed by atoms with Crippen molar-refractivity contribution in [2.45, 2.75) is 24.6 Å². The first-order valence-electron chi connectivity index (χ1n) is 7.90. The Kier molecular flexibility index (Phi) is 3.91. The van der Waals surface area contributed by atoms with Crippen molar-refractivity contribution in [3.8, 4) is 0 Å². The molecule has 0 amide bonds. The predicted molar refractivity (Wildman–Crippen MR) is 85.5 cm³/mol. The van der Waals surface area contributed by atoms with Crippen LogP contribution in [0.2, 0.25) is 0 Å². The zero-order valence-electron chi connectivity index (χ0n) is 13.2. The quantitative estimate of drug-likeness (QED) is 0.759. The average Bonchev–Trinajstić information content (AvgIpc) is 3.35. The standard InChI is InChI=1S/C17H13ClF4N2O2/c18-10-5-13-15(24(25)7-10)23-14-4-3-11(19)6-12(14)16(13,17(20,21)22)26-8-9-1-2-9/h3-7,9,25H,1-2,8H2/t16-/m0/s1. The number of hydrogen-bond donors (Lipinski definition) is 1. The number of allylic oxidation sites excluding steroid dienone is 2. The number of amidine groups is 1. The Morgan fingerprint density at radius 1 is 1.35 bits per heavy atom. The number of alkyl halides is 3. The van der Waals surface area contributed by atoms with Gasteiger partial charge in [-0.25, -0.2) is 14.4 Å². The van der Waals surface area contributed by atoms with Crippen molar-refractivity contribution in [1.82, 2.24) is 5.06 Å². The molecular weight excluding hydrogens is 376 g/mol. The summed E-state index contributed by atoms with van der Waals surface area (Å²) in [6.45, 7) is -0.146. The largest absolute Gasteiger partial charge is 0.426 e. The molecule has 0 spiro atoms. The zero-order chi connectivity index (χ0) is 18.7. The van der Waals surface area contributed by atoms with Crippen LogP contribution in [0.15, 0.2) is 46.1 Å². The Labute approximate surface area is 151 Å². The Morgan fingerprint density at radius 2 is 2.08 bits per heavy atom. The van der Waals surface area contributed by atoms with Crippen LogP contribution >= 0.6 is 11.6 Å². The molecule has 9 heteroatoms. The van der Waals surface area contributed by atoms with Crippen LogP contribution in [-0.2, 0) is 10.3 Å². The smallest absolute Gasteiger partial charge is 0.356 e. The first kappa shape index (κ1) is 17.5. The fourth-order valence-electron chi connectivity index (χ4n) is 3.13. The fourth-order valence-corrected chi connectivity index (χ4v) is 3.33. The van der Waals surface area contributed by atoms with Crippen LogP contribution in [0, 0.1) is 11.7 Å². The highest BCUT2D eigenvalue weighted by Crippen LogP contribution is 2.55. The first-order valence-corrected chi connectivity index (χ1v) is 8.27. The summed E-state index contributed by atoms with van der Waals surface area (Å²) in [6.07, 6.45) is -1.32. The molecule has 1 atom stereocenters. The van der Waals surface area contributed by atoms with Gasteiger partial charge in [0.2, 0.25) is 5.60 Å². The molecule has 0 saturated heterocycles. The van der Waals surface area contributed by atoms with Crippen LogP contribution in [0.25, 0.3) is 0 Å². The summed E-state index contributed by atoms with van der Waals surface area (Å²) in [5.74, 6) is -1.18. The van der Waals surface area contributed by atoms with E-state index in [0.29, 0.717) is 5.06 Å². The maximum absolute atomic E-state index is 14.4. The number of halogens is 5. The minimum Gasteiger partial charge on any atom is -0.356 e. The van der Waals surface area contributed by atoms with Crippen molar-refractivity contribution >= 4 is 23.1 Å². The number of nitrogens with zero attached hydrogens (tertiary/aromatic N) is 2. The normalized spacial score (nSPS) is 25.2. The number of benzene rings is 1. The maximum Gasteiger partial charge on any atom is 0.426 e. The van der Waals surface area contributed by atoms with Crippen molar-refractivity contribution in [3.05, 3.63) is 52.5 Å². The van der Waals surface area contributed by atoms with Crippen LogP contribution in [0.1, 0.15) is 18.4 Å². The van der Waals surface area contributed by atoms with Gasteiger partial charge in [-0.2, -0.15) is 13.2 Å². The van der Waals surface area contributed by atoms with E-state index < -0.39 is 28.7 Å². The van der Waals surface area contributed by atoms with Crippen LogP contribution < -0.4 is 0 Å². The van der Waals surface area contributed by atoms with E-state index in [1.807, 2.05) is 0 Å². The Balaban J connectivity index is 1.99. The summed E-state index contributed by atoms with van der Waals surface area (Å²) in [7, 11) is 0. The van der Waals surface area contributed by atoms with Crippen LogP contribution in [0.3, 0.4) is 0 Å². The molecule has 26 heavy (non-hydrogen) atoms. The van der Waals surface area contributed by atoms with E-state index in [4.69, 9.17) is 16.3 Å². The van der Waals surface area contributed by atoms with Gasteiger partial charge >= 0.3 is 6.18 Å². The molecule has 4 rings (SSSR count). The van der Waals surface area contributed by atoms with E-state index in [2.05, 4.69) is 4.99 Å². The number of hydroxylamine groups is 2. The third-order valence-corrected chi connectivity index (χ3v) is 4.77. The average molecular weight is 389 g/mol. The van der Waals surface area contributed by atoms with Crippen LogP contribution in [0.4, 0.5) is 23.2 Å². The van der Waals surface area contributed by atoms with E-state index in [-0.39, 0.29) is 29.1 Å². The molecule has 3 aliphatic rings. The molecule has 2 heterocycles. The lowest BCUT2D eigenvalue weighted by atomic mass is 9.80. The minimum absolute atomic E-state index is 0.0222. The first-order chi connectivity index (χ1) is 12.2. The van der Waals surface area contributed by atoms with Gasteiger partial charge in [-0.1, -0.05) is 11.6 Å². The highest BCUT2D eigenvalue weighted by molar-refractivity contribution is 6.32. The number of ether oxygens (including phenoxy) is 1. The van der Waals surface area contributed by atoms with Gasteiger partial charge in [-0.05, 0) is 43.0 Å². The molecule has 0 aromatic heterocycles. The van der Waals surface area contributed by atoms with Gasteiger partial charge in [0.1, 0.15) is 5.82 Å². The molecule has 1 aromatic carbocycles. The molecular formula is C17H13ClF4N2O2. The van der Waals surface area contributed by atoms with E-state index in [0.717, 1.165) is 43.3 Å². The minimum atomic E-state index is -4.94. The Bertz CT molecular complexity index is 861. The molecule has 0 bridgehead atoms. The maximum atomic E-state index is 14.4. The number of aliphatic imine (C=N–C) groups is 1. The molecule has 1 N–H and O–H groups in total. The highest BCUT2D eigenvalue weighted by Gasteiger charge is 2.64. The number of rotatable bonds is 3. The zero-order valence-corrected chi connectivity index (χ0v) is 14.0. The van der Waals surface area contributed by atoms with Crippen molar-refractivity contribution < 1.29 is 27.5 Å². The lowest BCUT2D eigenvalue weighted by molar-refractivity contribution is -0.268. The van der Waals surface area contributed by atoms with Crippen molar-refractivity contribution in [1.29, 1.82) is 0 Å².